The van der Waals surface area contributed by atoms with Crippen LogP contribution in [0, 0.1) is 17.5 Å². The molecule has 2 rings (SSSR count). The summed E-state index contributed by atoms with van der Waals surface area (Å²) in [6, 6.07) is 6.57. The number of hydrogen-bond donors (Lipinski definition) is 1. The van der Waals surface area contributed by atoms with E-state index in [2.05, 4.69) is 15.9 Å². The van der Waals surface area contributed by atoms with Gasteiger partial charge >= 0.3 is 0 Å². The van der Waals surface area contributed by atoms with Gasteiger partial charge in [0.2, 0.25) is 0 Å². The highest BCUT2D eigenvalue weighted by atomic mass is 79.9. The third kappa shape index (κ3) is 2.57. The summed E-state index contributed by atoms with van der Waals surface area (Å²) in [5, 5.41) is 10.0. The largest absolute Gasteiger partial charge is 0.384 e. The van der Waals surface area contributed by atoms with E-state index in [0.717, 1.165) is 18.2 Å². The molecule has 0 aromatic heterocycles. The molecular weight excluding hydrogens is 309 g/mol. The van der Waals surface area contributed by atoms with E-state index >= 15 is 0 Å². The average molecular weight is 317 g/mol. The second kappa shape index (κ2) is 5.12. The molecule has 18 heavy (non-hydrogen) atoms. The molecule has 0 bridgehead atoms. The van der Waals surface area contributed by atoms with Crippen LogP contribution in [0.25, 0.3) is 0 Å². The van der Waals surface area contributed by atoms with Crippen molar-refractivity contribution in [3.8, 4) is 0 Å². The maximum absolute atomic E-state index is 13.5. The van der Waals surface area contributed by atoms with Crippen LogP contribution in [-0.4, -0.2) is 5.11 Å². The Labute approximate surface area is 110 Å². The fourth-order valence-corrected chi connectivity index (χ4v) is 2.18. The highest BCUT2D eigenvalue weighted by Gasteiger charge is 2.18. The molecule has 0 spiro atoms. The molecule has 94 valence electrons. The van der Waals surface area contributed by atoms with Gasteiger partial charge in [-0.05, 0) is 23.8 Å². The molecule has 1 nitrogen and oxygen atoms in total. The first kappa shape index (κ1) is 13.1. The normalized spacial score (nSPS) is 12.5. The van der Waals surface area contributed by atoms with E-state index in [4.69, 9.17) is 0 Å². The Morgan fingerprint density at radius 3 is 2.00 bits per heavy atom. The minimum absolute atomic E-state index is 0.0660. The summed E-state index contributed by atoms with van der Waals surface area (Å²) in [5.74, 6) is -2.04. The predicted octanol–water partition coefficient (Wildman–Crippen LogP) is 3.95. The van der Waals surface area contributed by atoms with Crippen molar-refractivity contribution in [3.05, 3.63) is 69.4 Å². The molecule has 1 atom stereocenters. The van der Waals surface area contributed by atoms with Gasteiger partial charge in [0.15, 0.2) is 0 Å². The zero-order chi connectivity index (χ0) is 13.3. The predicted molar refractivity (Wildman–Crippen MR) is 64.5 cm³/mol. The Morgan fingerprint density at radius 1 is 0.889 bits per heavy atom. The summed E-state index contributed by atoms with van der Waals surface area (Å²) in [4.78, 5) is 0. The summed E-state index contributed by atoms with van der Waals surface area (Å²) in [6.07, 6.45) is -1.29. The van der Waals surface area contributed by atoms with Gasteiger partial charge in [0.05, 0.1) is 0 Å². The van der Waals surface area contributed by atoms with Gasteiger partial charge < -0.3 is 5.11 Å². The van der Waals surface area contributed by atoms with Gasteiger partial charge in [-0.1, -0.05) is 28.1 Å². The Morgan fingerprint density at radius 2 is 1.44 bits per heavy atom. The van der Waals surface area contributed by atoms with Crippen molar-refractivity contribution in [2.45, 2.75) is 6.10 Å². The second-order valence-electron chi connectivity index (χ2n) is 3.73. The molecule has 5 heteroatoms. The summed E-state index contributed by atoms with van der Waals surface area (Å²) < 4.78 is 39.5. The maximum Gasteiger partial charge on any atom is 0.132 e. The number of hydrogen-bond acceptors (Lipinski definition) is 1. The van der Waals surface area contributed by atoms with E-state index in [0.29, 0.717) is 16.1 Å². The highest BCUT2D eigenvalue weighted by molar-refractivity contribution is 9.10. The van der Waals surface area contributed by atoms with Crippen molar-refractivity contribution >= 4 is 15.9 Å². The van der Waals surface area contributed by atoms with Crippen LogP contribution < -0.4 is 0 Å². The van der Waals surface area contributed by atoms with Gasteiger partial charge in [-0.2, -0.15) is 0 Å². The fourth-order valence-electron chi connectivity index (χ4n) is 1.61. The third-order valence-electron chi connectivity index (χ3n) is 2.51. The Hall–Kier alpha value is -1.33. The summed E-state index contributed by atoms with van der Waals surface area (Å²) >= 11 is 3.09. The topological polar surface area (TPSA) is 20.2 Å². The van der Waals surface area contributed by atoms with Crippen LogP contribution in [0.2, 0.25) is 0 Å². The van der Waals surface area contributed by atoms with Crippen molar-refractivity contribution in [1.82, 2.24) is 0 Å². The summed E-state index contributed by atoms with van der Waals surface area (Å²) in [7, 11) is 0. The standard InChI is InChI=1S/C13H8BrF3O/c14-11-5-7(15)1-3-9(11)13(18)10-4-2-8(16)6-12(10)17/h1-6,13,18H. The third-order valence-corrected chi connectivity index (χ3v) is 3.20. The van der Waals surface area contributed by atoms with E-state index < -0.39 is 23.6 Å². The molecule has 0 aliphatic heterocycles. The van der Waals surface area contributed by atoms with Crippen molar-refractivity contribution < 1.29 is 18.3 Å². The summed E-state index contributed by atoms with van der Waals surface area (Å²) in [6.45, 7) is 0. The Bertz CT molecular complexity index is 535. The smallest absolute Gasteiger partial charge is 0.132 e. The first-order chi connectivity index (χ1) is 8.49. The number of aliphatic hydroxyl groups is 1. The molecule has 1 unspecified atom stereocenters. The van der Waals surface area contributed by atoms with Crippen LogP contribution in [0.3, 0.4) is 0 Å². The van der Waals surface area contributed by atoms with E-state index in [1.807, 2.05) is 0 Å². The Kier molecular flexibility index (Phi) is 3.73. The van der Waals surface area contributed by atoms with Crippen LogP contribution >= 0.6 is 15.9 Å². The quantitative estimate of drug-likeness (QED) is 0.889. The van der Waals surface area contributed by atoms with Crippen LogP contribution in [0.4, 0.5) is 13.2 Å². The molecule has 0 aliphatic rings. The van der Waals surface area contributed by atoms with E-state index in [-0.39, 0.29) is 5.56 Å². The van der Waals surface area contributed by atoms with Crippen LogP contribution in [-0.2, 0) is 0 Å². The van der Waals surface area contributed by atoms with E-state index in [1.165, 1.54) is 12.1 Å². The minimum Gasteiger partial charge on any atom is -0.384 e. The molecule has 0 amide bonds. The molecule has 0 heterocycles. The molecule has 1 N–H and O–H groups in total. The SMILES string of the molecule is OC(c1ccc(F)cc1F)c1ccc(F)cc1Br. The van der Waals surface area contributed by atoms with E-state index in [9.17, 15) is 18.3 Å². The summed E-state index contributed by atoms with van der Waals surface area (Å²) in [5.41, 5.74) is 0.241. The van der Waals surface area contributed by atoms with Gasteiger partial charge in [0.25, 0.3) is 0 Å². The van der Waals surface area contributed by atoms with Crippen molar-refractivity contribution in [1.29, 1.82) is 0 Å². The molecule has 2 aromatic carbocycles. The molecule has 0 radical (unpaired) electrons. The molecule has 2 aromatic rings. The minimum atomic E-state index is -1.29. The fraction of sp³-hybridized carbons (Fsp3) is 0.0769. The average Bonchev–Trinajstić information content (AvgIpc) is 2.28. The van der Waals surface area contributed by atoms with Gasteiger partial charge in [-0.15, -0.1) is 0 Å². The van der Waals surface area contributed by atoms with Crippen LogP contribution in [0.5, 0.6) is 0 Å². The van der Waals surface area contributed by atoms with Crippen LogP contribution in [0.15, 0.2) is 40.9 Å². The van der Waals surface area contributed by atoms with Crippen molar-refractivity contribution in [3.63, 3.8) is 0 Å². The molecule has 0 saturated heterocycles. The van der Waals surface area contributed by atoms with Gasteiger partial charge in [0.1, 0.15) is 23.6 Å². The number of aliphatic hydroxyl groups excluding tert-OH is 1. The zero-order valence-electron chi connectivity index (χ0n) is 9.00. The lowest BCUT2D eigenvalue weighted by Gasteiger charge is -2.14. The van der Waals surface area contributed by atoms with Gasteiger partial charge in [0, 0.05) is 16.1 Å². The zero-order valence-corrected chi connectivity index (χ0v) is 10.6. The molecule has 0 aliphatic carbocycles. The van der Waals surface area contributed by atoms with Crippen LogP contribution in [0.1, 0.15) is 17.2 Å². The van der Waals surface area contributed by atoms with Crippen molar-refractivity contribution in [2.24, 2.45) is 0 Å². The monoisotopic (exact) mass is 316 g/mol. The second-order valence-corrected chi connectivity index (χ2v) is 4.59. The number of benzene rings is 2. The lowest BCUT2D eigenvalue weighted by Crippen LogP contribution is -2.04. The highest BCUT2D eigenvalue weighted by Crippen LogP contribution is 2.30. The first-order valence-electron chi connectivity index (χ1n) is 5.07. The molecular formula is C13H8BrF3O. The first-order valence-corrected chi connectivity index (χ1v) is 5.86. The lowest BCUT2D eigenvalue weighted by atomic mass is 10.0. The van der Waals surface area contributed by atoms with E-state index in [1.54, 1.807) is 0 Å². The Balaban J connectivity index is 2.44. The number of halogens is 4. The van der Waals surface area contributed by atoms with Gasteiger partial charge in [-0.25, -0.2) is 13.2 Å². The number of rotatable bonds is 2. The lowest BCUT2D eigenvalue weighted by molar-refractivity contribution is 0.214. The van der Waals surface area contributed by atoms with Crippen molar-refractivity contribution in [2.75, 3.05) is 0 Å². The van der Waals surface area contributed by atoms with Gasteiger partial charge in [-0.3, -0.25) is 0 Å². The molecule has 0 saturated carbocycles. The molecule has 0 fully saturated rings. The maximum atomic E-state index is 13.5.